The molecule has 2 N–H and O–H groups in total. The lowest BCUT2D eigenvalue weighted by Gasteiger charge is -2.36. The number of nitrogens with zero attached hydrogens (tertiary/aromatic N) is 8. The Labute approximate surface area is 237 Å². The Balaban J connectivity index is 1.12. The van der Waals surface area contributed by atoms with Crippen LogP contribution in [0.5, 0.6) is 5.75 Å². The second-order valence-electron chi connectivity index (χ2n) is 11.1. The van der Waals surface area contributed by atoms with E-state index in [0.717, 1.165) is 38.5 Å². The molecule has 0 amide bonds. The third kappa shape index (κ3) is 5.11. The number of hydrogen-bond acceptors (Lipinski definition) is 10. The number of hydrogen-bond donors (Lipinski definition) is 1. The summed E-state index contributed by atoms with van der Waals surface area (Å²) in [5.74, 6) is 8.76. The van der Waals surface area contributed by atoms with Crippen LogP contribution in [-0.2, 0) is 18.3 Å². The fraction of sp³-hybridized carbons (Fsp3) is 0.464. The van der Waals surface area contributed by atoms with Crippen LogP contribution in [0.3, 0.4) is 0 Å². The van der Waals surface area contributed by atoms with Gasteiger partial charge in [0.25, 0.3) is 0 Å². The van der Waals surface area contributed by atoms with Crippen LogP contribution in [0.2, 0.25) is 0 Å². The predicted octanol–water partition coefficient (Wildman–Crippen LogP) is 1.54. The molecule has 2 aliphatic heterocycles. The van der Waals surface area contributed by atoms with E-state index in [1.54, 1.807) is 34.2 Å². The van der Waals surface area contributed by atoms with E-state index in [-0.39, 0.29) is 18.0 Å². The number of nitrogens with two attached hydrogens (primary N) is 1. The second-order valence-corrected chi connectivity index (χ2v) is 11.1. The quantitative estimate of drug-likeness (QED) is 0.302. The minimum absolute atomic E-state index is 0.141. The summed E-state index contributed by atoms with van der Waals surface area (Å²) in [6.07, 6.45) is 1.60. The molecule has 0 aliphatic carbocycles. The highest BCUT2D eigenvalue weighted by Gasteiger charge is 2.31. The van der Waals surface area contributed by atoms with Gasteiger partial charge in [-0.3, -0.25) is 19.5 Å². The van der Waals surface area contributed by atoms with Gasteiger partial charge in [0.05, 0.1) is 12.9 Å². The van der Waals surface area contributed by atoms with Gasteiger partial charge in [0.15, 0.2) is 11.6 Å². The Morgan fingerprint density at radius 3 is 2.51 bits per heavy atom. The fourth-order valence-electron chi connectivity index (χ4n) is 5.59. The summed E-state index contributed by atoms with van der Waals surface area (Å²) in [6, 6.07) is 11.9. The lowest BCUT2D eigenvalue weighted by atomic mass is 10.1. The number of aliphatic imine (C=N–C) groups is 1. The normalized spacial score (nSPS) is 16.4. The van der Waals surface area contributed by atoms with Gasteiger partial charge in [-0.05, 0) is 50.2 Å². The van der Waals surface area contributed by atoms with Crippen LogP contribution >= 0.6 is 0 Å². The molecule has 0 bridgehead atoms. The SMILES string of the molecule is COCC(C)(C)Oc1ccc(N2CCN(CCn3c(=O)n(C)n4c5c(nc34)N(N)CN=C5c3ccco3)CC2)cc1. The molecular formula is C28H37N9O4. The predicted molar refractivity (Wildman–Crippen MR) is 156 cm³/mol. The van der Waals surface area contributed by atoms with Crippen molar-refractivity contribution in [2.24, 2.45) is 17.9 Å². The average molecular weight is 564 g/mol. The topological polar surface area (TPSA) is 124 Å². The number of hydrazine groups is 1. The van der Waals surface area contributed by atoms with Crippen molar-refractivity contribution in [3.05, 3.63) is 64.6 Å². The molecule has 3 aromatic heterocycles. The maximum Gasteiger partial charge on any atom is 0.345 e. The molecule has 0 spiro atoms. The Morgan fingerprint density at radius 1 is 1.07 bits per heavy atom. The number of rotatable bonds is 9. The van der Waals surface area contributed by atoms with Crippen LogP contribution in [0.1, 0.15) is 25.3 Å². The summed E-state index contributed by atoms with van der Waals surface area (Å²) >= 11 is 0. The van der Waals surface area contributed by atoms with E-state index in [1.807, 2.05) is 38.1 Å². The summed E-state index contributed by atoms with van der Waals surface area (Å²) in [7, 11) is 3.41. The first-order valence-electron chi connectivity index (χ1n) is 13.8. The van der Waals surface area contributed by atoms with Crippen LogP contribution in [0, 0.1) is 0 Å². The molecule has 2 aliphatic rings. The number of ether oxygens (including phenoxy) is 2. The summed E-state index contributed by atoms with van der Waals surface area (Å²) in [5, 5.41) is 1.49. The summed E-state index contributed by atoms with van der Waals surface area (Å²) < 4.78 is 22.0. The van der Waals surface area contributed by atoms with E-state index in [0.29, 0.717) is 41.9 Å². The number of aryl methyl sites for hydroxylation is 1. The third-order valence-electron chi connectivity index (χ3n) is 7.60. The molecule has 0 unspecified atom stereocenters. The molecule has 1 aromatic carbocycles. The zero-order valence-corrected chi connectivity index (χ0v) is 24.0. The zero-order valence-electron chi connectivity index (χ0n) is 24.0. The van der Waals surface area contributed by atoms with Crippen molar-refractivity contribution in [2.45, 2.75) is 26.0 Å². The van der Waals surface area contributed by atoms with E-state index >= 15 is 0 Å². The molecule has 0 saturated carbocycles. The second kappa shape index (κ2) is 10.7. The van der Waals surface area contributed by atoms with E-state index < -0.39 is 0 Å². The van der Waals surface area contributed by atoms with Crippen LogP contribution in [0.4, 0.5) is 11.5 Å². The molecule has 6 rings (SSSR count). The number of methoxy groups -OCH3 is 1. The maximum atomic E-state index is 13.3. The highest BCUT2D eigenvalue weighted by atomic mass is 16.5. The van der Waals surface area contributed by atoms with E-state index in [1.165, 1.54) is 10.7 Å². The van der Waals surface area contributed by atoms with Gasteiger partial charge in [0, 0.05) is 59.1 Å². The van der Waals surface area contributed by atoms with Gasteiger partial charge in [-0.1, -0.05) is 0 Å². The molecule has 13 nitrogen and oxygen atoms in total. The first-order valence-corrected chi connectivity index (χ1v) is 13.8. The van der Waals surface area contributed by atoms with Gasteiger partial charge in [0.2, 0.25) is 5.78 Å². The highest BCUT2D eigenvalue weighted by Crippen LogP contribution is 2.27. The lowest BCUT2D eigenvalue weighted by molar-refractivity contribution is 0.0181. The Hall–Kier alpha value is -4.07. The number of benzene rings is 1. The van der Waals surface area contributed by atoms with Gasteiger partial charge >= 0.3 is 5.69 Å². The largest absolute Gasteiger partial charge is 0.485 e. The molecule has 13 heteroatoms. The molecule has 1 fully saturated rings. The first-order chi connectivity index (χ1) is 19.8. The Kier molecular flexibility index (Phi) is 7.09. The van der Waals surface area contributed by atoms with Crippen LogP contribution < -0.4 is 26.2 Å². The van der Waals surface area contributed by atoms with Crippen molar-refractivity contribution in [1.29, 1.82) is 0 Å². The van der Waals surface area contributed by atoms with Crippen molar-refractivity contribution in [3.63, 3.8) is 0 Å². The van der Waals surface area contributed by atoms with Crippen LogP contribution in [0.25, 0.3) is 5.78 Å². The van der Waals surface area contributed by atoms with Crippen molar-refractivity contribution < 1.29 is 13.9 Å². The van der Waals surface area contributed by atoms with Gasteiger partial charge in [-0.25, -0.2) is 19.8 Å². The lowest BCUT2D eigenvalue weighted by Crippen LogP contribution is -2.47. The van der Waals surface area contributed by atoms with Gasteiger partial charge in [-0.15, -0.1) is 0 Å². The molecule has 0 radical (unpaired) electrons. The molecule has 218 valence electrons. The Morgan fingerprint density at radius 2 is 1.83 bits per heavy atom. The average Bonchev–Trinajstić information content (AvgIpc) is 3.67. The Bertz CT molecular complexity index is 1590. The molecular weight excluding hydrogens is 526 g/mol. The van der Waals surface area contributed by atoms with E-state index in [2.05, 4.69) is 26.9 Å². The van der Waals surface area contributed by atoms with Crippen LogP contribution in [0.15, 0.2) is 56.9 Å². The number of aromatic nitrogens is 4. The third-order valence-corrected chi connectivity index (χ3v) is 7.60. The fourth-order valence-corrected chi connectivity index (χ4v) is 5.59. The molecule has 0 atom stereocenters. The van der Waals surface area contributed by atoms with Crippen molar-refractivity contribution in [2.75, 3.05) is 63.0 Å². The minimum atomic E-state index is -0.386. The monoisotopic (exact) mass is 563 g/mol. The van der Waals surface area contributed by atoms with Gasteiger partial charge in [-0.2, -0.15) is 4.98 Å². The number of furan rings is 1. The minimum Gasteiger partial charge on any atom is -0.485 e. The molecule has 1 saturated heterocycles. The van der Waals surface area contributed by atoms with Gasteiger partial charge < -0.3 is 18.8 Å². The summed E-state index contributed by atoms with van der Waals surface area (Å²) in [4.78, 5) is 27.4. The summed E-state index contributed by atoms with van der Waals surface area (Å²) in [5.41, 5.74) is 1.92. The zero-order chi connectivity index (χ0) is 28.7. The maximum absolute atomic E-state index is 13.3. The molecule has 5 heterocycles. The van der Waals surface area contributed by atoms with Crippen molar-refractivity contribution in [1.82, 2.24) is 23.6 Å². The first kappa shape index (κ1) is 27.1. The van der Waals surface area contributed by atoms with Crippen molar-refractivity contribution in [3.8, 4) is 5.75 Å². The number of fused-ring (bicyclic) bond motifs is 3. The summed E-state index contributed by atoms with van der Waals surface area (Å²) in [6.45, 7) is 9.64. The number of imidazole rings is 1. The standard InChI is InChI=1S/C28H37N9O4/c1-28(2,18-39-4)41-21-9-7-20(8-10-21)34-14-11-33(12-15-34)13-16-35-26-31-25-24(37(26)32(3)27(35)38)23(30-19-36(25)29)22-6-5-17-40-22/h5-10,17H,11-16,18-19,29H2,1-4H3. The van der Waals surface area contributed by atoms with Crippen molar-refractivity contribution >= 4 is 23.0 Å². The molecule has 41 heavy (non-hydrogen) atoms. The molecule has 4 aromatic rings. The number of anilines is 2. The number of piperazine rings is 1. The van der Waals surface area contributed by atoms with Crippen LogP contribution in [-0.4, -0.2) is 88.1 Å². The highest BCUT2D eigenvalue weighted by molar-refractivity contribution is 6.14. The van der Waals surface area contributed by atoms with E-state index in [9.17, 15) is 4.79 Å². The van der Waals surface area contributed by atoms with E-state index in [4.69, 9.17) is 24.7 Å². The smallest absolute Gasteiger partial charge is 0.345 e. The van der Waals surface area contributed by atoms with Gasteiger partial charge in [0.1, 0.15) is 29.4 Å².